The zero-order valence-corrected chi connectivity index (χ0v) is 22.2. The smallest absolute Gasteiger partial charge is 0.0227 e. The third-order valence-electron chi connectivity index (χ3n) is 5.14. The van der Waals surface area contributed by atoms with Gasteiger partial charge >= 0.3 is 0 Å². The molecule has 0 amide bonds. The van der Waals surface area contributed by atoms with E-state index in [4.69, 9.17) is 0 Å². The summed E-state index contributed by atoms with van der Waals surface area (Å²) < 4.78 is 0. The summed E-state index contributed by atoms with van der Waals surface area (Å²) in [6, 6.07) is 8.40. The quantitative estimate of drug-likeness (QED) is 0.335. The van der Waals surface area contributed by atoms with Crippen molar-refractivity contribution >= 4 is 6.08 Å². The Balaban J connectivity index is 0.000000684. The predicted octanol–water partition coefficient (Wildman–Crippen LogP) is 10.3. The van der Waals surface area contributed by atoms with Crippen LogP contribution in [0, 0.1) is 12.8 Å². The fourth-order valence-corrected chi connectivity index (χ4v) is 2.48. The Labute approximate surface area is 204 Å². The summed E-state index contributed by atoms with van der Waals surface area (Å²) in [4.78, 5) is 0. The molecule has 0 nitrogen and oxygen atoms in total. The van der Waals surface area contributed by atoms with E-state index in [9.17, 15) is 0 Å². The van der Waals surface area contributed by atoms with E-state index in [1.807, 2.05) is 51.2 Å². The van der Waals surface area contributed by atoms with Gasteiger partial charge in [0, 0.05) is 0 Å². The predicted molar refractivity (Wildman–Crippen MR) is 153 cm³/mol. The van der Waals surface area contributed by atoms with Crippen LogP contribution < -0.4 is 0 Å². The molecule has 0 aliphatic heterocycles. The Morgan fingerprint density at radius 1 is 0.879 bits per heavy atom. The van der Waals surface area contributed by atoms with Crippen molar-refractivity contribution in [1.29, 1.82) is 0 Å². The lowest BCUT2D eigenvalue weighted by Gasteiger charge is -2.07. The van der Waals surface area contributed by atoms with Gasteiger partial charge in [-0.2, -0.15) is 0 Å². The molecule has 0 saturated carbocycles. The third-order valence-corrected chi connectivity index (χ3v) is 5.14. The van der Waals surface area contributed by atoms with Crippen LogP contribution in [0.5, 0.6) is 0 Å². The molecule has 0 N–H and O–H groups in total. The number of rotatable bonds is 9. The van der Waals surface area contributed by atoms with Gasteiger partial charge in [0.2, 0.25) is 0 Å². The summed E-state index contributed by atoms with van der Waals surface area (Å²) >= 11 is 0. The maximum atomic E-state index is 4.06. The largest absolute Gasteiger partial charge is 0.0961 e. The molecular weight excluding hydrogens is 396 g/mol. The first-order valence-corrected chi connectivity index (χ1v) is 11.6. The molecule has 0 aromatic heterocycles. The lowest BCUT2D eigenvalue weighted by atomic mass is 9.99. The average molecular weight is 441 g/mol. The lowest BCUT2D eigenvalue weighted by molar-refractivity contribution is 0.768. The highest BCUT2D eigenvalue weighted by molar-refractivity contribution is 5.56. The van der Waals surface area contributed by atoms with Gasteiger partial charge in [-0.3, -0.25) is 0 Å². The van der Waals surface area contributed by atoms with Crippen LogP contribution in [0.1, 0.15) is 59.6 Å². The third kappa shape index (κ3) is 13.8. The van der Waals surface area contributed by atoms with Gasteiger partial charge < -0.3 is 0 Å². The Bertz CT molecular complexity index is 979. The highest BCUT2D eigenvalue weighted by atomic mass is 14.0. The molecule has 0 atom stereocenters. The minimum atomic E-state index is 0.568. The molecule has 0 heteroatoms. The van der Waals surface area contributed by atoms with Crippen LogP contribution in [0.15, 0.2) is 126 Å². The summed E-state index contributed by atoms with van der Waals surface area (Å²) in [5, 5.41) is 0. The Kier molecular flexibility index (Phi) is 14.9. The zero-order valence-electron chi connectivity index (χ0n) is 22.2. The van der Waals surface area contributed by atoms with E-state index in [0.717, 1.165) is 16.7 Å². The molecule has 1 aromatic carbocycles. The first kappa shape index (κ1) is 29.9. The average Bonchev–Trinajstić information content (AvgIpc) is 2.76. The fourth-order valence-electron chi connectivity index (χ4n) is 2.48. The van der Waals surface area contributed by atoms with E-state index in [1.54, 1.807) is 0 Å². The van der Waals surface area contributed by atoms with E-state index in [-0.39, 0.29) is 0 Å². The Morgan fingerprint density at radius 2 is 1.52 bits per heavy atom. The van der Waals surface area contributed by atoms with Crippen molar-refractivity contribution in [2.45, 2.75) is 55.4 Å². The van der Waals surface area contributed by atoms with E-state index in [2.05, 4.69) is 103 Å². The second-order valence-corrected chi connectivity index (χ2v) is 8.74. The number of benzene rings is 1. The number of allylic oxidation sites excluding steroid dienone is 14. The van der Waals surface area contributed by atoms with E-state index in [1.165, 1.54) is 27.8 Å². The molecule has 0 spiro atoms. The standard InChI is InChI=1S/C20H26.C13H18/c1-15(2)18(6)14-20(16(3)4)13-9-12-19-11-8-7-10-17(19)5;1-6-7-8-12(4)13(5)10-9-11(2)3/h7-15H,3H2,1-2,4-6H3;6-10H,2,5H2,1,3-4H3/b12-9+,18-14+,20-13+;7-6-,10-9-,12-8+. The monoisotopic (exact) mass is 440 g/mol. The number of hydrogen-bond acceptors (Lipinski definition) is 0. The van der Waals surface area contributed by atoms with Crippen LogP contribution in [0.4, 0.5) is 0 Å². The molecule has 33 heavy (non-hydrogen) atoms. The first-order valence-electron chi connectivity index (χ1n) is 11.6. The van der Waals surface area contributed by atoms with Crippen molar-refractivity contribution in [3.05, 3.63) is 137 Å². The van der Waals surface area contributed by atoms with Gasteiger partial charge in [-0.1, -0.05) is 129 Å². The van der Waals surface area contributed by atoms with Gasteiger partial charge in [0.15, 0.2) is 0 Å². The van der Waals surface area contributed by atoms with Crippen LogP contribution in [0.3, 0.4) is 0 Å². The minimum Gasteiger partial charge on any atom is -0.0961 e. The van der Waals surface area contributed by atoms with Gasteiger partial charge in [-0.25, -0.2) is 0 Å². The number of aryl methyl sites for hydroxylation is 1. The van der Waals surface area contributed by atoms with Crippen molar-refractivity contribution in [1.82, 2.24) is 0 Å². The van der Waals surface area contributed by atoms with Crippen LogP contribution in [0.2, 0.25) is 0 Å². The molecule has 0 fully saturated rings. The normalized spacial score (nSPS) is 13.1. The second-order valence-electron chi connectivity index (χ2n) is 8.74. The summed E-state index contributed by atoms with van der Waals surface area (Å²) in [6.45, 7) is 28.6. The zero-order chi connectivity index (χ0) is 25.4. The molecule has 0 heterocycles. The molecule has 1 rings (SSSR count). The van der Waals surface area contributed by atoms with Crippen molar-refractivity contribution in [2.75, 3.05) is 0 Å². The molecule has 0 saturated heterocycles. The van der Waals surface area contributed by atoms with E-state index < -0.39 is 0 Å². The second kappa shape index (κ2) is 16.5. The Hall–Kier alpha value is -3.12. The van der Waals surface area contributed by atoms with Gasteiger partial charge in [0.05, 0.1) is 0 Å². The van der Waals surface area contributed by atoms with Crippen LogP contribution in [-0.2, 0) is 0 Å². The molecule has 0 bridgehead atoms. The molecule has 0 aliphatic carbocycles. The fraction of sp³-hybridized carbons (Fsp3) is 0.273. The van der Waals surface area contributed by atoms with E-state index in [0.29, 0.717) is 5.92 Å². The van der Waals surface area contributed by atoms with Crippen LogP contribution in [0.25, 0.3) is 6.08 Å². The van der Waals surface area contributed by atoms with Gasteiger partial charge in [-0.15, -0.1) is 0 Å². The van der Waals surface area contributed by atoms with Crippen molar-refractivity contribution < 1.29 is 0 Å². The minimum absolute atomic E-state index is 0.568. The molecule has 1 aromatic rings. The van der Waals surface area contributed by atoms with E-state index >= 15 is 0 Å². The summed E-state index contributed by atoms with van der Waals surface area (Å²) in [7, 11) is 0. The van der Waals surface area contributed by atoms with Crippen LogP contribution in [-0.4, -0.2) is 0 Å². The molecule has 0 radical (unpaired) electrons. The number of hydrogen-bond donors (Lipinski definition) is 0. The molecule has 0 unspecified atom stereocenters. The Morgan fingerprint density at radius 3 is 2.03 bits per heavy atom. The molecule has 0 aliphatic rings. The maximum absolute atomic E-state index is 4.06. The maximum Gasteiger partial charge on any atom is -0.0227 e. The van der Waals surface area contributed by atoms with Gasteiger partial charge in [0.1, 0.15) is 0 Å². The topological polar surface area (TPSA) is 0 Å². The highest BCUT2D eigenvalue weighted by Gasteiger charge is 1.99. The van der Waals surface area contributed by atoms with Gasteiger partial charge in [0.25, 0.3) is 0 Å². The molecular formula is C33H44. The lowest BCUT2D eigenvalue weighted by Crippen LogP contribution is -1.90. The SMILES string of the molecule is C=C(C)/C=C\C(=C)/C(C)=C/C=C\C.C=C(C)C(=C/C=C/c1ccccc1C)/C=C(\C)C(C)C. The van der Waals surface area contributed by atoms with Crippen molar-refractivity contribution in [3.8, 4) is 0 Å². The summed E-state index contributed by atoms with van der Waals surface area (Å²) in [5.41, 5.74) is 9.47. The van der Waals surface area contributed by atoms with Gasteiger partial charge in [-0.05, 0) is 75.3 Å². The van der Waals surface area contributed by atoms with Crippen LogP contribution >= 0.6 is 0 Å². The van der Waals surface area contributed by atoms with Crippen molar-refractivity contribution in [2.24, 2.45) is 5.92 Å². The highest BCUT2D eigenvalue weighted by Crippen LogP contribution is 2.17. The summed E-state index contributed by atoms with van der Waals surface area (Å²) in [5.74, 6) is 0.568. The molecule has 176 valence electrons. The first-order chi connectivity index (χ1) is 15.5. The van der Waals surface area contributed by atoms with Crippen molar-refractivity contribution in [3.63, 3.8) is 0 Å². The summed E-state index contributed by atoms with van der Waals surface area (Å²) in [6.07, 6.45) is 18.6.